The third-order valence-electron chi connectivity index (χ3n) is 10.1. The number of hydroxylamine groups is 2. The highest BCUT2D eigenvalue weighted by Crippen LogP contribution is 2.42. The molecule has 1 saturated heterocycles. The van der Waals surface area contributed by atoms with Crippen LogP contribution in [0, 0.1) is 0 Å². The summed E-state index contributed by atoms with van der Waals surface area (Å²) in [5.41, 5.74) is 1.30. The van der Waals surface area contributed by atoms with Crippen molar-refractivity contribution in [2.45, 2.75) is 83.1 Å². The number of hydrogen-bond donors (Lipinski definition) is 6. The van der Waals surface area contributed by atoms with Gasteiger partial charge in [-0.2, -0.15) is 11.8 Å². The van der Waals surface area contributed by atoms with Crippen molar-refractivity contribution in [3.8, 4) is 28.2 Å². The zero-order valence-electron chi connectivity index (χ0n) is 34.3. The van der Waals surface area contributed by atoms with E-state index in [1.807, 2.05) is 0 Å². The van der Waals surface area contributed by atoms with E-state index in [2.05, 4.69) is 16.0 Å². The molecule has 1 atom stereocenters. The number of imide groups is 1. The lowest BCUT2D eigenvalue weighted by Gasteiger charge is -2.17. The number of thioether (sulfide) groups is 1. The van der Waals surface area contributed by atoms with Crippen molar-refractivity contribution >= 4 is 70.2 Å². The van der Waals surface area contributed by atoms with Crippen LogP contribution in [0.4, 0.5) is 0 Å². The Hall–Kier alpha value is -6.76. The number of phenols is 1. The van der Waals surface area contributed by atoms with E-state index in [4.69, 9.17) is 9.25 Å². The summed E-state index contributed by atoms with van der Waals surface area (Å²) < 4.78 is 5.87. The van der Waals surface area contributed by atoms with Crippen LogP contribution in [0.1, 0.15) is 97.8 Å². The van der Waals surface area contributed by atoms with Crippen molar-refractivity contribution in [3.05, 3.63) is 75.9 Å². The van der Waals surface area contributed by atoms with Gasteiger partial charge in [0.25, 0.3) is 17.7 Å². The van der Waals surface area contributed by atoms with Crippen LogP contribution in [0.5, 0.6) is 5.75 Å². The molecule has 5 amide bonds. The molecule has 0 radical (unpaired) electrons. The summed E-state index contributed by atoms with van der Waals surface area (Å²) in [5, 5.41) is 38.4. The average molecular weight is 889 g/mol. The third kappa shape index (κ3) is 13.6. The molecule has 18 nitrogen and oxygen atoms in total. The van der Waals surface area contributed by atoms with Crippen molar-refractivity contribution < 1.29 is 62.9 Å². The Morgan fingerprint density at radius 1 is 0.778 bits per heavy atom. The summed E-state index contributed by atoms with van der Waals surface area (Å²) in [4.78, 5) is 114. The molecular weight excluding hydrogens is 841 g/mol. The van der Waals surface area contributed by atoms with Gasteiger partial charge in [0.05, 0.1) is 24.2 Å². The van der Waals surface area contributed by atoms with Crippen LogP contribution >= 0.6 is 11.8 Å². The maximum atomic E-state index is 13.0. The van der Waals surface area contributed by atoms with Crippen LogP contribution in [0.25, 0.3) is 33.4 Å². The fraction of sp³-hybridized carbons (Fsp3) is 0.386. The topological polar surface area (TPSA) is 276 Å². The predicted molar refractivity (Wildman–Crippen MR) is 229 cm³/mol. The first-order chi connectivity index (χ1) is 30.2. The van der Waals surface area contributed by atoms with Gasteiger partial charge in [-0.15, -0.1) is 5.06 Å². The number of carbonyl (C=O) groups is 8. The molecule has 0 bridgehead atoms. The molecule has 19 heteroatoms. The number of aromatic carboxylic acids is 1. The number of aromatic hydroxyl groups is 1. The van der Waals surface area contributed by atoms with E-state index in [0.29, 0.717) is 53.1 Å². The zero-order valence-corrected chi connectivity index (χ0v) is 35.1. The smallest absolute Gasteiger partial charge is 0.336 e. The van der Waals surface area contributed by atoms with E-state index in [-0.39, 0.29) is 64.4 Å². The van der Waals surface area contributed by atoms with Crippen molar-refractivity contribution in [2.24, 2.45) is 0 Å². The summed E-state index contributed by atoms with van der Waals surface area (Å²) in [5.74, 6) is -6.07. The molecule has 0 unspecified atom stereocenters. The van der Waals surface area contributed by atoms with Crippen LogP contribution in [0.15, 0.2) is 63.8 Å². The summed E-state index contributed by atoms with van der Waals surface area (Å²) in [6, 6.07) is 11.8. The number of nitrogens with one attached hydrogen (secondary N) is 3. The second kappa shape index (κ2) is 22.9. The van der Waals surface area contributed by atoms with Gasteiger partial charge in [-0.3, -0.25) is 33.6 Å². The maximum Gasteiger partial charge on any atom is 0.336 e. The molecule has 1 aliphatic carbocycles. The van der Waals surface area contributed by atoms with E-state index in [9.17, 15) is 58.5 Å². The first kappa shape index (κ1) is 47.3. The molecule has 5 rings (SSSR count). The molecule has 0 aromatic heterocycles. The quantitative estimate of drug-likeness (QED) is 0.0318. The number of hydrogen-bond acceptors (Lipinski definition) is 13. The number of carbonyl (C=O) groups excluding carboxylic acids is 6. The summed E-state index contributed by atoms with van der Waals surface area (Å²) >= 11 is 1.03. The number of benzene rings is 3. The van der Waals surface area contributed by atoms with Gasteiger partial charge < -0.3 is 40.5 Å². The largest absolute Gasteiger partial charge is 0.508 e. The Morgan fingerprint density at radius 2 is 1.43 bits per heavy atom. The molecule has 0 saturated carbocycles. The van der Waals surface area contributed by atoms with Crippen LogP contribution in [-0.2, 0) is 33.6 Å². The molecule has 2 aromatic carbocycles. The number of nitrogens with zero attached hydrogens (tertiary/aromatic N) is 1. The van der Waals surface area contributed by atoms with Gasteiger partial charge in [-0.05, 0) is 54.8 Å². The Bertz CT molecular complexity index is 2380. The molecule has 3 aliphatic rings. The fourth-order valence-corrected chi connectivity index (χ4v) is 7.65. The SMILES string of the molecule is O=C(O)C[C@H](NC(=O)CSCCC(=O)ON1C(=O)CCC1=O)C(=O)NCCCCCCCCCCNC(=O)c1ccc(-c2c3ccc(=O)cc-3oc3cc(O)ccc23)c(C(=O)O)c1. The van der Waals surface area contributed by atoms with Crippen LogP contribution in [-0.4, -0.2) is 98.5 Å². The van der Waals surface area contributed by atoms with Crippen molar-refractivity contribution in [3.63, 3.8) is 0 Å². The normalized spacial score (nSPS) is 12.9. The van der Waals surface area contributed by atoms with Crippen LogP contribution in [0.3, 0.4) is 0 Å². The molecule has 1 fully saturated rings. The summed E-state index contributed by atoms with van der Waals surface area (Å²) in [7, 11) is 0. The van der Waals surface area contributed by atoms with Gasteiger partial charge in [0.1, 0.15) is 23.1 Å². The van der Waals surface area contributed by atoms with Gasteiger partial charge in [0, 0.05) is 65.9 Å². The zero-order chi connectivity index (χ0) is 45.5. The monoisotopic (exact) mass is 888 g/mol. The number of phenolic OH excluding ortho intramolecular Hbond substituents is 1. The number of amides is 5. The molecular formula is C44H48N4O14S. The van der Waals surface area contributed by atoms with Crippen molar-refractivity contribution in [1.82, 2.24) is 21.0 Å². The molecule has 334 valence electrons. The van der Waals surface area contributed by atoms with Gasteiger partial charge >= 0.3 is 17.9 Å². The highest BCUT2D eigenvalue weighted by atomic mass is 32.2. The van der Waals surface area contributed by atoms with E-state index in [1.54, 1.807) is 24.3 Å². The number of rotatable bonds is 24. The molecule has 0 spiro atoms. The lowest BCUT2D eigenvalue weighted by atomic mass is 9.90. The molecule has 2 aliphatic heterocycles. The van der Waals surface area contributed by atoms with Crippen molar-refractivity contribution in [2.75, 3.05) is 24.6 Å². The van der Waals surface area contributed by atoms with Crippen LogP contribution in [0.2, 0.25) is 0 Å². The first-order valence-electron chi connectivity index (χ1n) is 20.5. The van der Waals surface area contributed by atoms with Crippen molar-refractivity contribution in [1.29, 1.82) is 0 Å². The number of aliphatic carboxylic acids is 1. The number of carboxylic acid groups (broad SMARTS) is 2. The summed E-state index contributed by atoms with van der Waals surface area (Å²) in [6.45, 7) is 0.690. The Balaban J connectivity index is 0.956. The molecule has 2 heterocycles. The Labute approximate surface area is 365 Å². The van der Waals surface area contributed by atoms with E-state index in [0.717, 1.165) is 50.3 Å². The van der Waals surface area contributed by atoms with Crippen LogP contribution < -0.4 is 21.4 Å². The second-order valence-electron chi connectivity index (χ2n) is 14.8. The Morgan fingerprint density at radius 3 is 2.10 bits per heavy atom. The van der Waals surface area contributed by atoms with E-state index in [1.165, 1.54) is 30.3 Å². The average Bonchev–Trinajstić information content (AvgIpc) is 3.55. The fourth-order valence-electron chi connectivity index (χ4n) is 6.92. The van der Waals surface area contributed by atoms with Gasteiger partial charge in [0.15, 0.2) is 5.43 Å². The second-order valence-corrected chi connectivity index (χ2v) is 15.9. The highest BCUT2D eigenvalue weighted by Gasteiger charge is 2.33. The minimum Gasteiger partial charge on any atom is -0.508 e. The van der Waals surface area contributed by atoms with Gasteiger partial charge in [-0.1, -0.05) is 44.6 Å². The number of fused-ring (bicyclic) bond motifs is 2. The van der Waals surface area contributed by atoms with E-state index < -0.39 is 59.9 Å². The maximum absolute atomic E-state index is 13.0. The minimum absolute atomic E-state index is 0.0296. The predicted octanol–water partition coefficient (Wildman–Crippen LogP) is 4.63. The van der Waals surface area contributed by atoms with Gasteiger partial charge in [0.2, 0.25) is 11.8 Å². The lowest BCUT2D eigenvalue weighted by Crippen LogP contribution is -2.48. The number of unbranched alkanes of at least 4 members (excludes halogenated alkanes) is 7. The third-order valence-corrected chi connectivity index (χ3v) is 11.0. The molecule has 63 heavy (non-hydrogen) atoms. The standard InChI is InChI=1S/C44H48N4O14S/c49-27-10-13-30-34(22-27)61-35-23-28(50)11-14-31(35)41(30)29-12-9-26(21-32(29)44(59)60)42(57)45-18-7-5-3-1-2-4-6-8-19-46-43(58)33(24-39(54)55)47-36(51)25-63-20-17-40(56)62-48-37(52)15-16-38(48)53/h9-14,21-23,33,49H,1-8,15-20,24-25H2,(H,45,57)(H,46,58)(H,47,51)(H,54,55)(H,59,60)/t33-/m0/s1. The van der Waals surface area contributed by atoms with Gasteiger partial charge in [-0.25, -0.2) is 9.59 Å². The Kier molecular flexibility index (Phi) is 17.2. The summed E-state index contributed by atoms with van der Waals surface area (Å²) in [6.07, 6.45) is 5.94. The molecule has 2 aromatic rings. The van der Waals surface area contributed by atoms with E-state index >= 15 is 0 Å². The minimum atomic E-state index is -1.28. The number of carboxylic acids is 2. The molecule has 6 N–H and O–H groups in total. The first-order valence-corrected chi connectivity index (χ1v) is 21.7. The highest BCUT2D eigenvalue weighted by molar-refractivity contribution is 7.99. The lowest BCUT2D eigenvalue weighted by molar-refractivity contribution is -0.197.